The molecule has 0 bridgehead atoms. The smallest absolute Gasteiger partial charge is 0.337 e. The highest BCUT2D eigenvalue weighted by Crippen LogP contribution is 2.38. The fourth-order valence-corrected chi connectivity index (χ4v) is 5.32. The van der Waals surface area contributed by atoms with Gasteiger partial charge in [0.25, 0.3) is 5.91 Å². The third-order valence-electron chi connectivity index (χ3n) is 7.36. The summed E-state index contributed by atoms with van der Waals surface area (Å²) in [6.45, 7) is 6.35. The van der Waals surface area contributed by atoms with Gasteiger partial charge in [0.15, 0.2) is 0 Å². The molecule has 0 fully saturated rings. The number of hydrogen-bond donors (Lipinski definition) is 0. The van der Waals surface area contributed by atoms with Crippen LogP contribution in [0.25, 0.3) is 0 Å². The summed E-state index contributed by atoms with van der Waals surface area (Å²) in [5, 5.41) is 0. The minimum Gasteiger partial charge on any atom is -0.496 e. The van der Waals surface area contributed by atoms with Crippen molar-refractivity contribution in [1.29, 1.82) is 0 Å². The number of rotatable bonds is 6. The molecule has 1 amide bonds. The second-order valence-corrected chi connectivity index (χ2v) is 10.9. The maximum Gasteiger partial charge on any atom is 0.337 e. The van der Waals surface area contributed by atoms with E-state index in [1.165, 1.54) is 14.2 Å². The number of fused-ring (bicyclic) bond motifs is 1. The average molecular weight is 530 g/mol. The van der Waals surface area contributed by atoms with Crippen LogP contribution in [-0.4, -0.2) is 49.6 Å². The lowest BCUT2D eigenvalue weighted by molar-refractivity contribution is -0.154. The summed E-state index contributed by atoms with van der Waals surface area (Å²) < 4.78 is 15.9. The average Bonchev–Trinajstić information content (AvgIpc) is 2.94. The van der Waals surface area contributed by atoms with Gasteiger partial charge in [-0.05, 0) is 51.9 Å². The number of ether oxygens (including phenoxy) is 3. The summed E-state index contributed by atoms with van der Waals surface area (Å²) in [7, 11) is 4.25. The monoisotopic (exact) mass is 529 g/mol. The summed E-state index contributed by atoms with van der Waals surface area (Å²) in [5.74, 6) is -0.692. The minimum absolute atomic E-state index is 0.115. The van der Waals surface area contributed by atoms with E-state index < -0.39 is 17.5 Å². The van der Waals surface area contributed by atoms with Crippen molar-refractivity contribution >= 4 is 17.8 Å². The molecule has 204 valence electrons. The Labute approximate surface area is 229 Å². The van der Waals surface area contributed by atoms with Crippen LogP contribution >= 0.6 is 0 Å². The van der Waals surface area contributed by atoms with Gasteiger partial charge in [0.05, 0.1) is 26.9 Å². The van der Waals surface area contributed by atoms with Gasteiger partial charge in [0, 0.05) is 24.9 Å². The van der Waals surface area contributed by atoms with Crippen molar-refractivity contribution in [2.45, 2.75) is 51.1 Å². The maximum absolute atomic E-state index is 14.3. The molecule has 3 aromatic rings. The molecule has 0 saturated heterocycles. The lowest BCUT2D eigenvalue weighted by Gasteiger charge is -2.46. The molecular weight excluding hydrogens is 494 g/mol. The van der Waals surface area contributed by atoms with Crippen molar-refractivity contribution in [2.75, 3.05) is 21.3 Å². The van der Waals surface area contributed by atoms with Gasteiger partial charge < -0.3 is 19.1 Å². The van der Waals surface area contributed by atoms with E-state index in [2.05, 4.69) is 20.8 Å². The molecule has 1 aliphatic rings. The highest BCUT2D eigenvalue weighted by molar-refractivity contribution is 5.99. The molecule has 39 heavy (non-hydrogen) atoms. The fourth-order valence-electron chi connectivity index (χ4n) is 5.32. The lowest BCUT2D eigenvalue weighted by Crippen LogP contribution is -2.62. The molecule has 0 spiro atoms. The quantitative estimate of drug-likeness (QED) is 0.412. The Bertz CT molecular complexity index is 1390. The van der Waals surface area contributed by atoms with E-state index in [9.17, 15) is 14.4 Å². The summed E-state index contributed by atoms with van der Waals surface area (Å²) >= 11 is 0. The van der Waals surface area contributed by atoms with E-state index in [0.29, 0.717) is 16.9 Å². The highest BCUT2D eigenvalue weighted by Gasteiger charge is 2.50. The van der Waals surface area contributed by atoms with Crippen molar-refractivity contribution in [3.63, 3.8) is 0 Å². The third-order valence-corrected chi connectivity index (χ3v) is 7.36. The number of carbonyl (C=O) groups excluding carboxylic acids is 3. The molecule has 1 atom stereocenters. The molecule has 1 aliphatic heterocycles. The van der Waals surface area contributed by atoms with Crippen LogP contribution in [0.15, 0.2) is 66.7 Å². The molecule has 0 N–H and O–H groups in total. The van der Waals surface area contributed by atoms with Crippen LogP contribution in [0.5, 0.6) is 5.75 Å². The number of benzene rings is 3. The SMILES string of the molecule is COC(=O)c1ccc2c(c1)CN(C(=O)c1ccc(C(C)(C)C)c(OC)c1)C(Cc1ccccc1)(C(=O)OC)C2. The van der Waals surface area contributed by atoms with Crippen LogP contribution in [0.3, 0.4) is 0 Å². The Hall–Kier alpha value is -4.13. The predicted octanol–water partition coefficient (Wildman–Crippen LogP) is 5.13. The minimum atomic E-state index is -1.30. The molecule has 1 unspecified atom stereocenters. The maximum atomic E-state index is 14.3. The largest absolute Gasteiger partial charge is 0.496 e. The van der Waals surface area contributed by atoms with E-state index in [1.807, 2.05) is 42.5 Å². The number of nitrogens with zero attached hydrogens (tertiary/aromatic N) is 1. The second-order valence-electron chi connectivity index (χ2n) is 10.9. The van der Waals surface area contributed by atoms with E-state index >= 15 is 0 Å². The summed E-state index contributed by atoms with van der Waals surface area (Å²) in [6, 6.07) is 20.2. The third kappa shape index (κ3) is 5.39. The van der Waals surface area contributed by atoms with Crippen LogP contribution in [0, 0.1) is 0 Å². The van der Waals surface area contributed by atoms with E-state index in [1.54, 1.807) is 36.3 Å². The Balaban J connectivity index is 1.88. The van der Waals surface area contributed by atoms with Crippen molar-refractivity contribution in [3.05, 3.63) is 100 Å². The van der Waals surface area contributed by atoms with Gasteiger partial charge in [-0.1, -0.05) is 63.2 Å². The van der Waals surface area contributed by atoms with Gasteiger partial charge in [0.2, 0.25) is 0 Å². The zero-order valence-electron chi connectivity index (χ0n) is 23.4. The molecule has 0 aliphatic carbocycles. The van der Waals surface area contributed by atoms with Crippen molar-refractivity contribution in [1.82, 2.24) is 4.90 Å². The summed E-state index contributed by atoms with van der Waals surface area (Å²) in [4.78, 5) is 41.8. The zero-order valence-corrected chi connectivity index (χ0v) is 23.4. The summed E-state index contributed by atoms with van der Waals surface area (Å²) in [5.41, 5.74) is 2.80. The Kier molecular flexibility index (Phi) is 7.82. The number of hydrogen-bond acceptors (Lipinski definition) is 6. The predicted molar refractivity (Wildman–Crippen MR) is 148 cm³/mol. The van der Waals surface area contributed by atoms with Gasteiger partial charge in [-0.2, -0.15) is 0 Å². The molecule has 0 saturated carbocycles. The highest BCUT2D eigenvalue weighted by atomic mass is 16.5. The normalized spacial score (nSPS) is 16.7. The number of amides is 1. The molecule has 1 heterocycles. The first-order chi connectivity index (χ1) is 18.5. The molecule has 4 rings (SSSR count). The van der Waals surface area contributed by atoms with E-state index in [-0.39, 0.29) is 30.7 Å². The van der Waals surface area contributed by atoms with Crippen molar-refractivity contribution in [2.24, 2.45) is 0 Å². The molecule has 0 radical (unpaired) electrons. The number of carbonyl (C=O) groups is 3. The fraction of sp³-hybridized carbons (Fsp3) is 0.344. The van der Waals surface area contributed by atoms with Crippen molar-refractivity contribution < 1.29 is 28.6 Å². The number of methoxy groups -OCH3 is 3. The Morgan fingerprint density at radius 2 is 1.54 bits per heavy atom. The Morgan fingerprint density at radius 3 is 2.15 bits per heavy atom. The number of esters is 2. The van der Waals surface area contributed by atoms with Gasteiger partial charge in [-0.25, -0.2) is 9.59 Å². The molecule has 7 heteroatoms. The van der Waals surface area contributed by atoms with Crippen molar-refractivity contribution in [3.8, 4) is 5.75 Å². The van der Waals surface area contributed by atoms with Crippen LogP contribution < -0.4 is 4.74 Å². The van der Waals surface area contributed by atoms with Crippen LogP contribution in [0.4, 0.5) is 0 Å². The van der Waals surface area contributed by atoms with Crippen LogP contribution in [0.2, 0.25) is 0 Å². The topological polar surface area (TPSA) is 82.1 Å². The first-order valence-corrected chi connectivity index (χ1v) is 12.9. The van der Waals surface area contributed by atoms with Crippen LogP contribution in [0.1, 0.15) is 63.7 Å². The van der Waals surface area contributed by atoms with Gasteiger partial charge in [-0.3, -0.25) is 4.79 Å². The van der Waals surface area contributed by atoms with Gasteiger partial charge in [0.1, 0.15) is 11.3 Å². The summed E-state index contributed by atoms with van der Waals surface area (Å²) in [6.07, 6.45) is 0.496. The molecule has 7 nitrogen and oxygen atoms in total. The van der Waals surface area contributed by atoms with Gasteiger partial charge in [-0.15, -0.1) is 0 Å². The van der Waals surface area contributed by atoms with E-state index in [0.717, 1.165) is 22.3 Å². The van der Waals surface area contributed by atoms with Gasteiger partial charge >= 0.3 is 11.9 Å². The van der Waals surface area contributed by atoms with Crippen LogP contribution in [-0.2, 0) is 39.1 Å². The standard InChI is InChI=1S/C32H35NO6/c1-31(2,3)26-15-14-22(17-27(26)37-4)28(34)33-20-25-16-23(29(35)38-5)12-13-24(25)19-32(33,30(36)39-6)18-21-10-8-7-9-11-21/h7-17H,18-20H2,1-6H3. The zero-order chi connectivity index (χ0) is 28.4. The first kappa shape index (κ1) is 27.9. The molecular formula is C32H35NO6. The molecule has 3 aromatic carbocycles. The first-order valence-electron chi connectivity index (χ1n) is 12.9. The molecule has 0 aromatic heterocycles. The second kappa shape index (κ2) is 10.9. The lowest BCUT2D eigenvalue weighted by atomic mass is 9.77. The Morgan fingerprint density at radius 1 is 0.846 bits per heavy atom. The van der Waals surface area contributed by atoms with E-state index in [4.69, 9.17) is 14.2 Å².